The molecule has 1 aliphatic rings. The van der Waals surface area contributed by atoms with Crippen LogP contribution < -0.4 is 10.5 Å². The van der Waals surface area contributed by atoms with E-state index in [1.807, 2.05) is 12.1 Å². The molecule has 0 amide bonds. The highest BCUT2D eigenvalue weighted by Crippen LogP contribution is 2.45. The van der Waals surface area contributed by atoms with Crippen LogP contribution in [0.15, 0.2) is 47.5 Å². The van der Waals surface area contributed by atoms with Crippen molar-refractivity contribution >= 4 is 15.8 Å². The maximum atomic E-state index is 11.7. The van der Waals surface area contributed by atoms with Gasteiger partial charge in [0.15, 0.2) is 0 Å². The van der Waals surface area contributed by atoms with Crippen molar-refractivity contribution < 1.29 is 8.42 Å². The number of pyridine rings is 1. The van der Waals surface area contributed by atoms with Crippen LogP contribution in [-0.2, 0) is 15.4 Å². The molecule has 0 spiro atoms. The smallest absolute Gasteiger partial charge is 0.241 e. The predicted molar refractivity (Wildman–Crippen MR) is 86.1 cm³/mol. The summed E-state index contributed by atoms with van der Waals surface area (Å²) in [6.45, 7) is 4.37. The van der Waals surface area contributed by atoms with Gasteiger partial charge in [-0.1, -0.05) is 38.1 Å². The quantitative estimate of drug-likeness (QED) is 0.911. The topological polar surface area (TPSA) is 85.1 Å². The van der Waals surface area contributed by atoms with Gasteiger partial charge in [-0.05, 0) is 35.1 Å². The van der Waals surface area contributed by atoms with Gasteiger partial charge in [-0.15, -0.1) is 0 Å². The first-order valence-electron chi connectivity index (χ1n) is 7.13. The number of fused-ring (bicyclic) bond motifs is 1. The minimum Gasteiger partial charge on any atom is -0.362 e. The fraction of sp³-hybridized carbons (Fsp3) is 0.312. The summed E-state index contributed by atoms with van der Waals surface area (Å²) in [5, 5.41) is 8.53. The first-order valence-corrected chi connectivity index (χ1v) is 8.67. The van der Waals surface area contributed by atoms with Crippen molar-refractivity contribution in [2.24, 2.45) is 5.14 Å². The van der Waals surface area contributed by atoms with Gasteiger partial charge in [0, 0.05) is 6.20 Å². The SMILES string of the molecule is CC1(C)CC(Nc2ncccc2S(N)(=O)=O)c2ccccc21. The molecular weight excluding hydrogens is 298 g/mol. The Kier molecular flexibility index (Phi) is 3.45. The summed E-state index contributed by atoms with van der Waals surface area (Å²) >= 11 is 0. The number of primary sulfonamides is 1. The molecule has 3 rings (SSSR count). The van der Waals surface area contributed by atoms with Crippen molar-refractivity contribution in [1.29, 1.82) is 0 Å². The molecule has 1 heterocycles. The molecule has 1 aromatic heterocycles. The van der Waals surface area contributed by atoms with Crippen molar-refractivity contribution in [2.75, 3.05) is 5.32 Å². The highest BCUT2D eigenvalue weighted by atomic mass is 32.2. The Morgan fingerprint density at radius 2 is 1.95 bits per heavy atom. The van der Waals surface area contributed by atoms with Crippen LogP contribution in [0, 0.1) is 0 Å². The second kappa shape index (κ2) is 5.07. The Morgan fingerprint density at radius 3 is 2.68 bits per heavy atom. The number of hydrogen-bond donors (Lipinski definition) is 2. The summed E-state index contributed by atoms with van der Waals surface area (Å²) in [5.74, 6) is 0.308. The summed E-state index contributed by atoms with van der Waals surface area (Å²) in [4.78, 5) is 4.18. The zero-order chi connectivity index (χ0) is 16.0. The van der Waals surface area contributed by atoms with Crippen molar-refractivity contribution in [3.63, 3.8) is 0 Å². The Labute approximate surface area is 130 Å². The van der Waals surface area contributed by atoms with Crippen LogP contribution in [0.5, 0.6) is 0 Å². The lowest BCUT2D eigenvalue weighted by molar-refractivity contribution is 0.492. The maximum Gasteiger partial charge on any atom is 0.241 e. The third-order valence-electron chi connectivity index (χ3n) is 4.17. The van der Waals surface area contributed by atoms with Gasteiger partial charge in [-0.25, -0.2) is 18.5 Å². The Bertz CT molecular complexity index is 816. The third-order valence-corrected chi connectivity index (χ3v) is 5.11. The fourth-order valence-corrected chi connectivity index (χ4v) is 3.82. The van der Waals surface area contributed by atoms with Gasteiger partial charge in [0.05, 0.1) is 6.04 Å². The highest BCUT2D eigenvalue weighted by Gasteiger charge is 2.37. The van der Waals surface area contributed by atoms with Crippen molar-refractivity contribution in [1.82, 2.24) is 4.98 Å². The number of anilines is 1. The van der Waals surface area contributed by atoms with E-state index in [-0.39, 0.29) is 16.4 Å². The molecule has 6 heteroatoms. The average Bonchev–Trinajstić information content (AvgIpc) is 2.70. The van der Waals surface area contributed by atoms with E-state index in [9.17, 15) is 8.42 Å². The van der Waals surface area contributed by atoms with E-state index < -0.39 is 10.0 Å². The van der Waals surface area contributed by atoms with Gasteiger partial charge in [-0.2, -0.15) is 0 Å². The Hall–Kier alpha value is -1.92. The second-order valence-electron chi connectivity index (χ2n) is 6.27. The van der Waals surface area contributed by atoms with E-state index >= 15 is 0 Å². The molecule has 2 aromatic rings. The van der Waals surface area contributed by atoms with E-state index in [4.69, 9.17) is 5.14 Å². The van der Waals surface area contributed by atoms with Crippen LogP contribution in [-0.4, -0.2) is 13.4 Å². The standard InChI is InChI=1S/C16H19N3O2S/c1-16(2)10-13(11-6-3-4-7-12(11)16)19-15-14(22(17,20)21)8-5-9-18-15/h3-9,13H,10H2,1-2H3,(H,18,19)(H2,17,20,21). The molecule has 1 aliphatic carbocycles. The van der Waals surface area contributed by atoms with Gasteiger partial charge in [0.1, 0.15) is 10.7 Å². The van der Waals surface area contributed by atoms with Crippen LogP contribution in [0.25, 0.3) is 0 Å². The molecule has 1 aromatic carbocycles. The molecule has 0 aliphatic heterocycles. The van der Waals surface area contributed by atoms with Crippen molar-refractivity contribution in [3.05, 3.63) is 53.7 Å². The number of nitrogens with one attached hydrogen (secondary N) is 1. The molecule has 1 atom stereocenters. The highest BCUT2D eigenvalue weighted by molar-refractivity contribution is 7.89. The summed E-state index contributed by atoms with van der Waals surface area (Å²) in [6.07, 6.45) is 2.43. The van der Waals surface area contributed by atoms with Crippen molar-refractivity contribution in [2.45, 2.75) is 36.6 Å². The van der Waals surface area contributed by atoms with Crippen LogP contribution in [0.4, 0.5) is 5.82 Å². The number of benzene rings is 1. The van der Waals surface area contributed by atoms with E-state index in [0.29, 0.717) is 5.82 Å². The third kappa shape index (κ3) is 2.60. The van der Waals surface area contributed by atoms with Gasteiger partial charge >= 0.3 is 0 Å². The summed E-state index contributed by atoms with van der Waals surface area (Å²) in [5.41, 5.74) is 2.49. The van der Waals surface area contributed by atoms with E-state index in [1.165, 1.54) is 17.2 Å². The zero-order valence-electron chi connectivity index (χ0n) is 12.6. The Balaban J connectivity index is 2.00. The number of rotatable bonds is 3. The summed E-state index contributed by atoms with van der Waals surface area (Å²) < 4.78 is 23.4. The molecule has 0 radical (unpaired) electrons. The summed E-state index contributed by atoms with van der Waals surface area (Å²) in [7, 11) is -3.81. The minimum atomic E-state index is -3.81. The minimum absolute atomic E-state index is 0.0154. The van der Waals surface area contributed by atoms with E-state index in [2.05, 4.69) is 36.3 Å². The molecular formula is C16H19N3O2S. The molecule has 3 N–H and O–H groups in total. The van der Waals surface area contributed by atoms with E-state index in [0.717, 1.165) is 6.42 Å². The molecule has 0 saturated carbocycles. The molecule has 0 bridgehead atoms. The molecule has 1 unspecified atom stereocenters. The lowest BCUT2D eigenvalue weighted by atomic mass is 9.86. The predicted octanol–water partition coefficient (Wildman–Crippen LogP) is 2.56. The number of nitrogens with two attached hydrogens (primary N) is 1. The first kappa shape index (κ1) is 15.0. The van der Waals surface area contributed by atoms with Gasteiger partial charge < -0.3 is 5.32 Å². The number of sulfonamides is 1. The number of aromatic nitrogens is 1. The number of hydrogen-bond acceptors (Lipinski definition) is 4. The zero-order valence-corrected chi connectivity index (χ0v) is 13.4. The van der Waals surface area contributed by atoms with Crippen molar-refractivity contribution in [3.8, 4) is 0 Å². The van der Waals surface area contributed by atoms with Crippen LogP contribution in [0.3, 0.4) is 0 Å². The Morgan fingerprint density at radius 1 is 1.23 bits per heavy atom. The number of nitrogens with zero attached hydrogens (tertiary/aromatic N) is 1. The van der Waals surface area contributed by atoms with Gasteiger partial charge in [0.2, 0.25) is 10.0 Å². The lowest BCUT2D eigenvalue weighted by Gasteiger charge is -2.20. The summed E-state index contributed by atoms with van der Waals surface area (Å²) in [6, 6.07) is 11.3. The fourth-order valence-electron chi connectivity index (χ4n) is 3.17. The van der Waals surface area contributed by atoms with Gasteiger partial charge in [0.25, 0.3) is 0 Å². The second-order valence-corrected chi connectivity index (χ2v) is 7.80. The first-order chi connectivity index (χ1) is 10.3. The van der Waals surface area contributed by atoms with Crippen LogP contribution in [0.1, 0.15) is 37.4 Å². The lowest BCUT2D eigenvalue weighted by Crippen LogP contribution is -2.18. The molecule has 5 nitrogen and oxygen atoms in total. The molecule has 0 saturated heterocycles. The normalized spacial score (nSPS) is 19.7. The maximum absolute atomic E-state index is 11.7. The monoisotopic (exact) mass is 317 g/mol. The average molecular weight is 317 g/mol. The van der Waals surface area contributed by atoms with E-state index in [1.54, 1.807) is 12.3 Å². The molecule has 22 heavy (non-hydrogen) atoms. The van der Waals surface area contributed by atoms with Gasteiger partial charge in [-0.3, -0.25) is 0 Å². The van der Waals surface area contributed by atoms with Crippen LogP contribution in [0.2, 0.25) is 0 Å². The molecule has 0 fully saturated rings. The molecule has 116 valence electrons. The largest absolute Gasteiger partial charge is 0.362 e. The van der Waals surface area contributed by atoms with Crippen LogP contribution >= 0.6 is 0 Å².